The van der Waals surface area contributed by atoms with Crippen LogP contribution in [0.3, 0.4) is 0 Å². The Balaban J connectivity index is 1.91. The molecular weight excluding hydrogens is 342 g/mol. The zero-order valence-electron chi connectivity index (χ0n) is 14.3. The van der Waals surface area contributed by atoms with Gasteiger partial charge in [0.1, 0.15) is 12.7 Å². The minimum absolute atomic E-state index is 0.0276. The SMILES string of the molecule is COCC1(CO)CCC(Cc2ccc(Cl)cc2)C1(O)Cn1cncn1. The monoisotopic (exact) mass is 365 g/mol. The molecule has 0 saturated heterocycles. The van der Waals surface area contributed by atoms with Crippen molar-refractivity contribution in [1.82, 2.24) is 14.8 Å². The molecule has 1 aromatic heterocycles. The number of aliphatic hydroxyl groups excluding tert-OH is 1. The Morgan fingerprint density at radius 1 is 1.36 bits per heavy atom. The number of ether oxygens (including phenoxy) is 1. The Kier molecular flexibility index (Phi) is 5.43. The van der Waals surface area contributed by atoms with Crippen LogP contribution < -0.4 is 0 Å². The van der Waals surface area contributed by atoms with Crippen molar-refractivity contribution in [1.29, 1.82) is 0 Å². The largest absolute Gasteiger partial charge is 0.396 e. The number of aliphatic hydroxyl groups is 2. The van der Waals surface area contributed by atoms with Gasteiger partial charge in [0.2, 0.25) is 0 Å². The Bertz CT molecular complexity index is 679. The van der Waals surface area contributed by atoms with Gasteiger partial charge in [-0.15, -0.1) is 0 Å². The van der Waals surface area contributed by atoms with Crippen LogP contribution >= 0.6 is 11.6 Å². The van der Waals surface area contributed by atoms with Gasteiger partial charge in [0.25, 0.3) is 0 Å². The summed E-state index contributed by atoms with van der Waals surface area (Å²) >= 11 is 5.97. The van der Waals surface area contributed by atoms with Crippen molar-refractivity contribution in [2.45, 2.75) is 31.4 Å². The molecule has 3 unspecified atom stereocenters. The highest BCUT2D eigenvalue weighted by molar-refractivity contribution is 6.30. The van der Waals surface area contributed by atoms with Crippen molar-refractivity contribution in [3.63, 3.8) is 0 Å². The molecule has 1 fully saturated rings. The van der Waals surface area contributed by atoms with Gasteiger partial charge in [-0.3, -0.25) is 4.68 Å². The van der Waals surface area contributed by atoms with E-state index in [0.29, 0.717) is 24.5 Å². The number of nitrogens with zero attached hydrogens (tertiary/aromatic N) is 3. The second-order valence-electron chi connectivity index (χ2n) is 6.95. The zero-order chi connectivity index (χ0) is 17.9. The summed E-state index contributed by atoms with van der Waals surface area (Å²) in [6.07, 6.45) is 5.24. The van der Waals surface area contributed by atoms with Crippen molar-refractivity contribution in [3.05, 3.63) is 47.5 Å². The quantitative estimate of drug-likeness (QED) is 0.783. The van der Waals surface area contributed by atoms with E-state index < -0.39 is 11.0 Å². The summed E-state index contributed by atoms with van der Waals surface area (Å²) in [4.78, 5) is 3.97. The van der Waals surface area contributed by atoms with Crippen molar-refractivity contribution < 1.29 is 14.9 Å². The van der Waals surface area contributed by atoms with Crippen molar-refractivity contribution in [2.75, 3.05) is 20.3 Å². The number of methoxy groups -OCH3 is 1. The standard InChI is InChI=1S/C18H24ClN3O3/c1-25-11-17(10-23)7-6-15(8-14-2-4-16(19)5-3-14)18(17,24)9-22-13-20-12-21-22/h2-5,12-13,15,23-24H,6-11H2,1H3. The van der Waals surface area contributed by atoms with E-state index >= 15 is 0 Å². The third kappa shape index (κ3) is 3.44. The van der Waals surface area contributed by atoms with Crippen LogP contribution in [-0.4, -0.2) is 50.9 Å². The van der Waals surface area contributed by atoms with Gasteiger partial charge in [-0.2, -0.15) is 5.10 Å². The minimum Gasteiger partial charge on any atom is -0.396 e. The summed E-state index contributed by atoms with van der Waals surface area (Å²) in [6, 6.07) is 7.68. The molecule has 6 nitrogen and oxygen atoms in total. The maximum Gasteiger partial charge on any atom is 0.137 e. The lowest BCUT2D eigenvalue weighted by Gasteiger charge is -2.43. The molecule has 2 aromatic rings. The molecule has 0 radical (unpaired) electrons. The topological polar surface area (TPSA) is 80.4 Å². The van der Waals surface area contributed by atoms with Gasteiger partial charge in [0.05, 0.1) is 25.4 Å². The lowest BCUT2D eigenvalue weighted by molar-refractivity contribution is -0.148. The number of benzene rings is 1. The highest BCUT2D eigenvalue weighted by Gasteiger charge is 2.59. The molecule has 7 heteroatoms. The normalized spacial score (nSPS) is 29.2. The van der Waals surface area contributed by atoms with Gasteiger partial charge in [-0.1, -0.05) is 23.7 Å². The van der Waals surface area contributed by atoms with E-state index in [9.17, 15) is 10.2 Å². The third-order valence-corrected chi connectivity index (χ3v) is 5.81. The molecule has 3 rings (SSSR count). The fourth-order valence-electron chi connectivity index (χ4n) is 4.11. The van der Waals surface area contributed by atoms with Crippen molar-refractivity contribution in [3.8, 4) is 0 Å². The Labute approximate surface area is 152 Å². The van der Waals surface area contributed by atoms with E-state index in [-0.39, 0.29) is 19.1 Å². The van der Waals surface area contributed by atoms with E-state index in [1.807, 2.05) is 24.3 Å². The van der Waals surface area contributed by atoms with Crippen molar-refractivity contribution in [2.24, 2.45) is 11.3 Å². The predicted octanol–water partition coefficient (Wildman–Crippen LogP) is 1.94. The van der Waals surface area contributed by atoms with Crippen LogP contribution in [0.4, 0.5) is 0 Å². The van der Waals surface area contributed by atoms with Gasteiger partial charge >= 0.3 is 0 Å². The highest BCUT2D eigenvalue weighted by Crippen LogP contribution is 2.52. The summed E-state index contributed by atoms with van der Waals surface area (Å²) in [6.45, 7) is 0.435. The lowest BCUT2D eigenvalue weighted by atomic mass is 9.70. The molecule has 136 valence electrons. The third-order valence-electron chi connectivity index (χ3n) is 5.55. The van der Waals surface area contributed by atoms with Crippen molar-refractivity contribution >= 4 is 11.6 Å². The molecule has 0 aliphatic heterocycles. The van der Waals surface area contributed by atoms with E-state index in [2.05, 4.69) is 10.1 Å². The van der Waals surface area contributed by atoms with Crippen LogP contribution in [0.25, 0.3) is 0 Å². The first-order valence-corrected chi connectivity index (χ1v) is 8.80. The first kappa shape index (κ1) is 18.3. The summed E-state index contributed by atoms with van der Waals surface area (Å²) in [5.41, 5.74) is -0.756. The summed E-state index contributed by atoms with van der Waals surface area (Å²) in [5, 5.41) is 26.7. The predicted molar refractivity (Wildman–Crippen MR) is 94.2 cm³/mol. The molecule has 1 aliphatic carbocycles. The molecule has 0 amide bonds. The number of aromatic nitrogens is 3. The van der Waals surface area contributed by atoms with E-state index in [1.165, 1.54) is 6.33 Å². The zero-order valence-corrected chi connectivity index (χ0v) is 15.1. The van der Waals surface area contributed by atoms with Crippen LogP contribution in [0.5, 0.6) is 0 Å². The van der Waals surface area contributed by atoms with E-state index in [4.69, 9.17) is 16.3 Å². The molecule has 1 heterocycles. The summed E-state index contributed by atoms with van der Waals surface area (Å²) < 4.78 is 6.99. The Hall–Kier alpha value is -1.47. The second-order valence-corrected chi connectivity index (χ2v) is 7.39. The van der Waals surface area contributed by atoms with Crippen LogP contribution in [0.2, 0.25) is 5.02 Å². The highest BCUT2D eigenvalue weighted by atomic mass is 35.5. The first-order chi connectivity index (χ1) is 12.0. The van der Waals surface area contributed by atoms with Gasteiger partial charge in [-0.05, 0) is 42.9 Å². The molecule has 1 saturated carbocycles. The molecule has 1 aromatic carbocycles. The fourth-order valence-corrected chi connectivity index (χ4v) is 4.23. The maximum atomic E-state index is 11.7. The van der Waals surface area contributed by atoms with Crippen LogP contribution in [0, 0.1) is 11.3 Å². The fraction of sp³-hybridized carbons (Fsp3) is 0.556. The number of halogens is 1. The van der Waals surface area contributed by atoms with Gasteiger partial charge in [0.15, 0.2) is 0 Å². The maximum absolute atomic E-state index is 11.7. The number of hydrogen-bond donors (Lipinski definition) is 2. The summed E-state index contributed by atoms with van der Waals surface area (Å²) in [5.74, 6) is -0.0276. The molecule has 25 heavy (non-hydrogen) atoms. The molecule has 3 atom stereocenters. The van der Waals surface area contributed by atoms with E-state index in [0.717, 1.165) is 12.0 Å². The number of rotatable bonds is 7. The Morgan fingerprint density at radius 2 is 2.12 bits per heavy atom. The van der Waals surface area contributed by atoms with Crippen LogP contribution in [-0.2, 0) is 17.7 Å². The molecular formula is C18H24ClN3O3. The Morgan fingerprint density at radius 3 is 2.72 bits per heavy atom. The molecule has 2 N–H and O–H groups in total. The smallest absolute Gasteiger partial charge is 0.137 e. The van der Waals surface area contributed by atoms with Gasteiger partial charge in [0, 0.05) is 17.5 Å². The average Bonchev–Trinajstić information content (AvgIpc) is 3.19. The van der Waals surface area contributed by atoms with Gasteiger partial charge < -0.3 is 14.9 Å². The molecule has 0 spiro atoms. The average molecular weight is 366 g/mol. The number of hydrogen-bond acceptors (Lipinski definition) is 5. The first-order valence-electron chi connectivity index (χ1n) is 8.42. The van der Waals surface area contributed by atoms with Crippen LogP contribution in [0.1, 0.15) is 18.4 Å². The van der Waals surface area contributed by atoms with Gasteiger partial charge in [-0.25, -0.2) is 4.98 Å². The second kappa shape index (κ2) is 7.41. The molecule has 0 bridgehead atoms. The van der Waals surface area contributed by atoms with E-state index in [1.54, 1.807) is 18.1 Å². The minimum atomic E-state index is -1.15. The van der Waals surface area contributed by atoms with Crippen LogP contribution in [0.15, 0.2) is 36.9 Å². The summed E-state index contributed by atoms with van der Waals surface area (Å²) in [7, 11) is 1.60. The molecule has 1 aliphatic rings. The lowest BCUT2D eigenvalue weighted by Crippen LogP contribution is -2.56.